The number of nitrogens with one attached hydrogen (secondary N) is 1. The number of hydrogen-bond acceptors (Lipinski definition) is 5. The van der Waals surface area contributed by atoms with Gasteiger partial charge in [0.1, 0.15) is 5.82 Å². The fourth-order valence-electron chi connectivity index (χ4n) is 3.54. The Morgan fingerprint density at radius 2 is 2.20 bits per heavy atom. The van der Waals surface area contributed by atoms with E-state index < -0.39 is 6.04 Å². The molecule has 1 aliphatic rings. The minimum Gasteiger partial charge on any atom is -0.337 e. The largest absolute Gasteiger partial charge is 0.337 e. The summed E-state index contributed by atoms with van der Waals surface area (Å²) in [6.07, 6.45) is 6.21. The molecule has 0 saturated carbocycles. The zero-order chi connectivity index (χ0) is 21.3. The number of pyridine rings is 1. The van der Waals surface area contributed by atoms with E-state index in [1.807, 2.05) is 25.2 Å². The van der Waals surface area contributed by atoms with Crippen LogP contribution in [-0.2, 0) is 22.6 Å². The highest BCUT2D eigenvalue weighted by Crippen LogP contribution is 2.31. The van der Waals surface area contributed by atoms with Gasteiger partial charge in [0, 0.05) is 28.9 Å². The normalized spacial score (nSPS) is 16.4. The molecule has 1 unspecified atom stereocenters. The number of fused-ring (bicyclic) bond motifs is 2. The molecule has 3 aromatic rings. The summed E-state index contributed by atoms with van der Waals surface area (Å²) < 4.78 is 1.24. The fraction of sp³-hybridized carbons (Fsp3) is 0.261. The fourth-order valence-corrected chi connectivity index (χ4v) is 4.80. The van der Waals surface area contributed by atoms with E-state index in [0.29, 0.717) is 25.2 Å². The van der Waals surface area contributed by atoms with Crippen molar-refractivity contribution in [1.29, 1.82) is 0 Å². The molecule has 4 rings (SSSR count). The molecule has 2 aromatic heterocycles. The van der Waals surface area contributed by atoms with Gasteiger partial charge in [-0.2, -0.15) is 0 Å². The van der Waals surface area contributed by atoms with Gasteiger partial charge in [-0.1, -0.05) is 18.2 Å². The Kier molecular flexibility index (Phi) is 5.65. The van der Waals surface area contributed by atoms with Crippen molar-refractivity contribution in [3.05, 3.63) is 64.2 Å². The highest BCUT2D eigenvalue weighted by atomic mass is 32.1. The molecule has 3 N–H and O–H groups in total. The number of benzene rings is 1. The summed E-state index contributed by atoms with van der Waals surface area (Å²) in [6.45, 7) is 2.68. The molecule has 30 heavy (non-hydrogen) atoms. The third-order valence-electron chi connectivity index (χ3n) is 5.41. The Bertz CT molecular complexity index is 1150. The van der Waals surface area contributed by atoms with Crippen molar-refractivity contribution < 1.29 is 9.59 Å². The monoisotopic (exact) mass is 420 g/mol. The van der Waals surface area contributed by atoms with E-state index in [-0.39, 0.29) is 11.8 Å². The van der Waals surface area contributed by atoms with Crippen molar-refractivity contribution in [3.63, 3.8) is 0 Å². The lowest BCUT2D eigenvalue weighted by Gasteiger charge is -2.14. The molecule has 0 aliphatic carbocycles. The van der Waals surface area contributed by atoms with Crippen LogP contribution in [0, 0.1) is 6.92 Å². The lowest BCUT2D eigenvalue weighted by Crippen LogP contribution is -2.34. The van der Waals surface area contributed by atoms with Gasteiger partial charge in [-0.05, 0) is 60.1 Å². The average Bonchev–Trinajstić information content (AvgIpc) is 2.98. The number of aryl methyl sites for hydroxylation is 2. The van der Waals surface area contributed by atoms with Crippen molar-refractivity contribution in [2.24, 2.45) is 5.73 Å². The third-order valence-corrected chi connectivity index (χ3v) is 6.67. The third kappa shape index (κ3) is 4.13. The molecular weight excluding hydrogens is 396 g/mol. The van der Waals surface area contributed by atoms with Gasteiger partial charge in [0.2, 0.25) is 11.8 Å². The molecule has 1 atom stereocenters. The molecule has 3 heterocycles. The lowest BCUT2D eigenvalue weighted by molar-refractivity contribution is -0.125. The highest BCUT2D eigenvalue weighted by molar-refractivity contribution is 7.19. The van der Waals surface area contributed by atoms with E-state index in [4.69, 9.17) is 5.73 Å². The Morgan fingerprint density at radius 1 is 1.40 bits per heavy atom. The molecule has 154 valence electrons. The van der Waals surface area contributed by atoms with E-state index in [9.17, 15) is 9.59 Å². The molecule has 1 aliphatic heterocycles. The standard InChI is InChI=1S/C23H24N4O2S/c1-14-17-5-3-4-6-19(17)30-20(14)13-27(2)21(28)10-7-15-11-16-8-9-18(24)23(29)26-22(16)25-12-15/h3-7,10-12,18H,8-9,13,24H2,1-2H3,(H,25,26,29). The Hall–Kier alpha value is -3.03. The summed E-state index contributed by atoms with van der Waals surface area (Å²) in [7, 11) is 1.81. The topological polar surface area (TPSA) is 88.3 Å². The van der Waals surface area contributed by atoms with Crippen LogP contribution in [0.5, 0.6) is 0 Å². The first kappa shape index (κ1) is 20.3. The second-order valence-corrected chi connectivity index (χ2v) is 8.72. The average molecular weight is 421 g/mol. The van der Waals surface area contributed by atoms with Gasteiger partial charge in [0.25, 0.3) is 0 Å². The maximum atomic E-state index is 12.6. The number of anilines is 1. The Labute approximate surface area is 179 Å². The second-order valence-electron chi connectivity index (χ2n) is 7.58. The van der Waals surface area contributed by atoms with Gasteiger partial charge in [-0.15, -0.1) is 11.3 Å². The number of thiophene rings is 1. The maximum Gasteiger partial charge on any atom is 0.246 e. The summed E-state index contributed by atoms with van der Waals surface area (Å²) in [5, 5.41) is 4.00. The first-order valence-corrected chi connectivity index (χ1v) is 10.7. The van der Waals surface area contributed by atoms with Gasteiger partial charge in [-0.25, -0.2) is 4.98 Å². The number of nitrogens with zero attached hydrogens (tertiary/aromatic N) is 2. The molecule has 0 bridgehead atoms. The van der Waals surface area contributed by atoms with E-state index in [1.54, 1.807) is 34.6 Å². The molecule has 0 radical (unpaired) electrons. The van der Waals surface area contributed by atoms with E-state index in [0.717, 1.165) is 11.1 Å². The Morgan fingerprint density at radius 3 is 3.00 bits per heavy atom. The number of amides is 2. The number of hydrogen-bond donors (Lipinski definition) is 2. The molecule has 6 nitrogen and oxygen atoms in total. The molecule has 0 fully saturated rings. The van der Waals surface area contributed by atoms with Gasteiger partial charge in [0.15, 0.2) is 0 Å². The summed E-state index contributed by atoms with van der Waals surface area (Å²) in [5.41, 5.74) is 8.80. The predicted molar refractivity (Wildman–Crippen MR) is 121 cm³/mol. The first-order chi connectivity index (χ1) is 14.4. The molecule has 2 amide bonds. The van der Waals surface area contributed by atoms with Crippen LogP contribution in [0.2, 0.25) is 0 Å². The van der Waals surface area contributed by atoms with Crippen molar-refractivity contribution >= 4 is 45.1 Å². The van der Waals surface area contributed by atoms with Gasteiger partial charge in [0.05, 0.1) is 12.6 Å². The van der Waals surface area contributed by atoms with Crippen LogP contribution in [0.3, 0.4) is 0 Å². The van der Waals surface area contributed by atoms with Gasteiger partial charge >= 0.3 is 0 Å². The van der Waals surface area contributed by atoms with Crippen LogP contribution in [-0.4, -0.2) is 34.8 Å². The van der Waals surface area contributed by atoms with Gasteiger partial charge in [-0.3, -0.25) is 9.59 Å². The maximum absolute atomic E-state index is 12.6. The first-order valence-electron chi connectivity index (χ1n) is 9.88. The predicted octanol–water partition coefficient (Wildman–Crippen LogP) is 3.49. The number of carbonyl (C=O) groups excluding carboxylic acids is 2. The number of nitrogens with two attached hydrogens (primary N) is 1. The smallest absolute Gasteiger partial charge is 0.246 e. The number of rotatable bonds is 4. The van der Waals surface area contributed by atoms with Crippen LogP contribution in [0.25, 0.3) is 16.2 Å². The SMILES string of the molecule is Cc1c(CN(C)C(=O)C=Cc2cnc3c(c2)CCC(N)C(=O)N3)sc2ccccc12. The summed E-state index contributed by atoms with van der Waals surface area (Å²) in [4.78, 5) is 31.7. The second kappa shape index (κ2) is 8.38. The zero-order valence-corrected chi connectivity index (χ0v) is 17.8. The van der Waals surface area contributed by atoms with Crippen LogP contribution >= 0.6 is 11.3 Å². The molecule has 7 heteroatoms. The van der Waals surface area contributed by atoms with Crippen molar-refractivity contribution in [2.75, 3.05) is 12.4 Å². The van der Waals surface area contributed by atoms with Crippen molar-refractivity contribution in [2.45, 2.75) is 32.4 Å². The highest BCUT2D eigenvalue weighted by Gasteiger charge is 2.21. The number of likely N-dealkylation sites (N-methyl/N-ethyl adjacent to an activating group) is 1. The van der Waals surface area contributed by atoms with Crippen molar-refractivity contribution in [3.8, 4) is 0 Å². The van der Waals surface area contributed by atoms with Crippen LogP contribution < -0.4 is 11.1 Å². The molecular formula is C23H24N4O2S. The summed E-state index contributed by atoms with van der Waals surface area (Å²) in [5.74, 6) is 0.267. The lowest BCUT2D eigenvalue weighted by atomic mass is 10.1. The molecule has 1 aromatic carbocycles. The van der Waals surface area contributed by atoms with Crippen LogP contribution in [0.4, 0.5) is 5.82 Å². The minimum absolute atomic E-state index is 0.0721. The summed E-state index contributed by atoms with van der Waals surface area (Å²) >= 11 is 1.73. The number of carbonyl (C=O) groups is 2. The summed E-state index contributed by atoms with van der Waals surface area (Å²) in [6, 6.07) is 9.72. The number of aromatic nitrogens is 1. The molecule has 0 spiro atoms. The van der Waals surface area contributed by atoms with E-state index in [1.165, 1.54) is 20.5 Å². The quantitative estimate of drug-likeness (QED) is 0.633. The molecule has 0 saturated heterocycles. The minimum atomic E-state index is -0.522. The van der Waals surface area contributed by atoms with Gasteiger partial charge < -0.3 is 16.0 Å². The van der Waals surface area contributed by atoms with Crippen molar-refractivity contribution in [1.82, 2.24) is 9.88 Å². The zero-order valence-electron chi connectivity index (χ0n) is 17.0. The van der Waals surface area contributed by atoms with E-state index >= 15 is 0 Å². The Balaban J connectivity index is 1.45. The van der Waals surface area contributed by atoms with Crippen LogP contribution in [0.1, 0.15) is 28.0 Å². The van der Waals surface area contributed by atoms with E-state index in [2.05, 4.69) is 29.4 Å². The van der Waals surface area contributed by atoms with Crippen LogP contribution in [0.15, 0.2) is 42.6 Å².